The summed E-state index contributed by atoms with van der Waals surface area (Å²) in [6, 6.07) is 1.41. The van der Waals surface area contributed by atoms with Crippen molar-refractivity contribution in [2.24, 2.45) is 5.92 Å². The van der Waals surface area contributed by atoms with E-state index in [4.69, 9.17) is 16.7 Å². The summed E-state index contributed by atoms with van der Waals surface area (Å²) in [6.45, 7) is 0.837. The summed E-state index contributed by atoms with van der Waals surface area (Å²) in [5.74, 6) is 0.399. The molecule has 0 aliphatic heterocycles. The molecular weight excluding hydrogens is 228 g/mol. The molecule has 0 atom stereocenters. The predicted molar refractivity (Wildman–Crippen MR) is 62.0 cm³/mol. The highest BCUT2D eigenvalue weighted by Gasteiger charge is 2.20. The fourth-order valence-corrected chi connectivity index (χ4v) is 1.72. The molecule has 1 fully saturated rings. The van der Waals surface area contributed by atoms with Crippen LogP contribution in [0.5, 0.6) is 0 Å². The number of pyridine rings is 1. The van der Waals surface area contributed by atoms with Crippen molar-refractivity contribution >= 4 is 23.4 Å². The van der Waals surface area contributed by atoms with Crippen LogP contribution in [0.2, 0.25) is 5.02 Å². The number of nitrogens with zero attached hydrogens (tertiary/aromatic N) is 1. The fraction of sp³-hybridized carbons (Fsp3) is 0.455. The summed E-state index contributed by atoms with van der Waals surface area (Å²) in [4.78, 5) is 14.6. The van der Waals surface area contributed by atoms with Crippen molar-refractivity contribution in [1.29, 1.82) is 0 Å². The van der Waals surface area contributed by atoms with Gasteiger partial charge < -0.3 is 10.4 Å². The molecule has 2 N–H and O–H groups in total. The molecule has 0 bridgehead atoms. The number of aromatic carboxylic acids is 1. The molecule has 2 rings (SSSR count). The van der Waals surface area contributed by atoms with E-state index in [1.807, 2.05) is 0 Å². The number of carboxylic acids is 1. The molecule has 0 unspecified atom stereocenters. The summed E-state index contributed by atoms with van der Waals surface area (Å²) in [6.07, 6.45) is 5.08. The molecule has 1 aliphatic carbocycles. The van der Waals surface area contributed by atoms with Gasteiger partial charge in [0.1, 0.15) is 5.82 Å². The Balaban J connectivity index is 1.95. The topological polar surface area (TPSA) is 62.2 Å². The first-order valence-electron chi connectivity index (χ1n) is 5.29. The number of carboxylic acid groups (broad SMARTS) is 1. The van der Waals surface area contributed by atoms with Gasteiger partial charge in [-0.1, -0.05) is 24.4 Å². The van der Waals surface area contributed by atoms with Gasteiger partial charge in [-0.3, -0.25) is 0 Å². The molecule has 0 amide bonds. The Kier molecular flexibility index (Phi) is 3.29. The quantitative estimate of drug-likeness (QED) is 0.831. The summed E-state index contributed by atoms with van der Waals surface area (Å²) >= 11 is 5.92. The van der Waals surface area contributed by atoms with E-state index in [0.717, 1.165) is 18.9 Å². The second-order valence-corrected chi connectivity index (χ2v) is 4.43. The van der Waals surface area contributed by atoms with Crippen molar-refractivity contribution in [2.45, 2.75) is 19.3 Å². The van der Waals surface area contributed by atoms with Crippen LogP contribution in [0.3, 0.4) is 0 Å². The number of anilines is 1. The predicted octanol–water partition coefficient (Wildman–Crippen LogP) is 2.65. The van der Waals surface area contributed by atoms with E-state index in [2.05, 4.69) is 10.3 Å². The van der Waals surface area contributed by atoms with E-state index in [1.165, 1.54) is 25.1 Å². The van der Waals surface area contributed by atoms with E-state index < -0.39 is 5.97 Å². The molecule has 0 saturated heterocycles. The Bertz CT molecular complexity index is 405. The highest BCUT2D eigenvalue weighted by Crippen LogP contribution is 2.32. The van der Waals surface area contributed by atoms with Crippen LogP contribution in [0, 0.1) is 5.92 Å². The lowest BCUT2D eigenvalue weighted by atomic mass is 10.2. The maximum absolute atomic E-state index is 10.7. The van der Waals surface area contributed by atoms with Crippen LogP contribution in [0.4, 0.5) is 5.82 Å². The molecule has 4 nitrogen and oxygen atoms in total. The van der Waals surface area contributed by atoms with Crippen molar-refractivity contribution in [3.63, 3.8) is 0 Å². The molecule has 1 aromatic rings. The van der Waals surface area contributed by atoms with Crippen LogP contribution in [-0.2, 0) is 0 Å². The van der Waals surface area contributed by atoms with E-state index in [1.54, 1.807) is 0 Å². The molecule has 1 saturated carbocycles. The van der Waals surface area contributed by atoms with Crippen molar-refractivity contribution in [1.82, 2.24) is 4.98 Å². The smallest absolute Gasteiger partial charge is 0.337 e. The van der Waals surface area contributed by atoms with Gasteiger partial charge in [-0.15, -0.1) is 0 Å². The van der Waals surface area contributed by atoms with Crippen molar-refractivity contribution < 1.29 is 9.90 Å². The zero-order chi connectivity index (χ0) is 11.5. The zero-order valence-electron chi connectivity index (χ0n) is 8.74. The Morgan fingerprint density at radius 1 is 1.62 bits per heavy atom. The SMILES string of the molecule is O=C(O)c1cnc(NCCC2CC2)c(Cl)c1. The number of aromatic nitrogens is 1. The number of hydrogen-bond donors (Lipinski definition) is 2. The summed E-state index contributed by atoms with van der Waals surface area (Å²) in [5, 5.41) is 12.2. The first-order chi connectivity index (χ1) is 7.66. The van der Waals surface area contributed by atoms with E-state index in [0.29, 0.717) is 10.8 Å². The van der Waals surface area contributed by atoms with Crippen LogP contribution in [0.15, 0.2) is 12.3 Å². The van der Waals surface area contributed by atoms with Crippen LogP contribution in [0.1, 0.15) is 29.6 Å². The first-order valence-corrected chi connectivity index (χ1v) is 5.67. The number of nitrogens with one attached hydrogen (secondary N) is 1. The van der Waals surface area contributed by atoms with Gasteiger partial charge in [0, 0.05) is 12.7 Å². The molecule has 16 heavy (non-hydrogen) atoms. The monoisotopic (exact) mass is 240 g/mol. The van der Waals surface area contributed by atoms with Gasteiger partial charge >= 0.3 is 5.97 Å². The van der Waals surface area contributed by atoms with Crippen LogP contribution in [0.25, 0.3) is 0 Å². The molecular formula is C11H13ClN2O2. The van der Waals surface area contributed by atoms with E-state index >= 15 is 0 Å². The highest BCUT2D eigenvalue weighted by atomic mass is 35.5. The second kappa shape index (κ2) is 4.70. The largest absolute Gasteiger partial charge is 0.478 e. The van der Waals surface area contributed by atoms with Gasteiger partial charge in [-0.25, -0.2) is 9.78 Å². The number of halogens is 1. The average molecular weight is 241 g/mol. The summed E-state index contributed by atoms with van der Waals surface area (Å²) in [5.41, 5.74) is 0.109. The number of carbonyl (C=O) groups is 1. The second-order valence-electron chi connectivity index (χ2n) is 4.02. The zero-order valence-corrected chi connectivity index (χ0v) is 9.50. The van der Waals surface area contributed by atoms with Crippen molar-refractivity contribution in [3.8, 4) is 0 Å². The van der Waals surface area contributed by atoms with Gasteiger partial charge in [-0.05, 0) is 18.4 Å². The molecule has 1 aliphatic rings. The highest BCUT2D eigenvalue weighted by molar-refractivity contribution is 6.33. The van der Waals surface area contributed by atoms with Crippen LogP contribution >= 0.6 is 11.6 Å². The maximum atomic E-state index is 10.7. The van der Waals surface area contributed by atoms with Crippen LogP contribution < -0.4 is 5.32 Å². The summed E-state index contributed by atoms with van der Waals surface area (Å²) < 4.78 is 0. The average Bonchev–Trinajstić information content (AvgIpc) is 3.04. The van der Waals surface area contributed by atoms with E-state index in [9.17, 15) is 4.79 Å². The number of rotatable bonds is 5. The van der Waals surface area contributed by atoms with Gasteiger partial charge in [0.2, 0.25) is 0 Å². The van der Waals surface area contributed by atoms with Gasteiger partial charge in [-0.2, -0.15) is 0 Å². The van der Waals surface area contributed by atoms with E-state index in [-0.39, 0.29) is 5.56 Å². The molecule has 1 heterocycles. The standard InChI is InChI=1S/C11H13ClN2O2/c12-9-5-8(11(15)16)6-14-10(9)13-4-3-7-1-2-7/h5-7H,1-4H2,(H,13,14)(H,15,16). The third kappa shape index (κ3) is 2.85. The molecule has 5 heteroatoms. The Hall–Kier alpha value is -1.29. The molecule has 0 radical (unpaired) electrons. The maximum Gasteiger partial charge on any atom is 0.337 e. The Morgan fingerprint density at radius 3 is 2.94 bits per heavy atom. The molecule has 1 aromatic heterocycles. The van der Waals surface area contributed by atoms with Gasteiger partial charge in [0.25, 0.3) is 0 Å². The van der Waals surface area contributed by atoms with Crippen molar-refractivity contribution in [3.05, 3.63) is 22.8 Å². The number of hydrogen-bond acceptors (Lipinski definition) is 3. The lowest BCUT2D eigenvalue weighted by molar-refractivity contribution is 0.0696. The van der Waals surface area contributed by atoms with Gasteiger partial charge in [0.05, 0.1) is 10.6 Å². The minimum Gasteiger partial charge on any atom is -0.478 e. The molecule has 0 aromatic carbocycles. The lowest BCUT2D eigenvalue weighted by Gasteiger charge is -2.07. The summed E-state index contributed by atoms with van der Waals surface area (Å²) in [7, 11) is 0. The Labute approximate surface area is 98.6 Å². The minimum atomic E-state index is -1.01. The fourth-order valence-electron chi connectivity index (χ4n) is 1.49. The molecule has 0 spiro atoms. The normalized spacial score (nSPS) is 14.8. The first kappa shape index (κ1) is 11.2. The minimum absolute atomic E-state index is 0.109. The third-order valence-electron chi connectivity index (χ3n) is 2.63. The van der Waals surface area contributed by atoms with Gasteiger partial charge in [0.15, 0.2) is 0 Å². The Morgan fingerprint density at radius 2 is 2.38 bits per heavy atom. The third-order valence-corrected chi connectivity index (χ3v) is 2.92. The van der Waals surface area contributed by atoms with Crippen LogP contribution in [-0.4, -0.2) is 22.6 Å². The molecule has 86 valence electrons. The van der Waals surface area contributed by atoms with Crippen molar-refractivity contribution in [2.75, 3.05) is 11.9 Å². The lowest BCUT2D eigenvalue weighted by Crippen LogP contribution is -2.06.